The lowest BCUT2D eigenvalue weighted by Crippen LogP contribution is -2.46. The summed E-state index contributed by atoms with van der Waals surface area (Å²) in [4.78, 5) is 18.8. The number of ether oxygens (including phenoxy) is 1. The third kappa shape index (κ3) is 4.11. The first kappa shape index (κ1) is 17.2. The van der Waals surface area contributed by atoms with Crippen molar-refractivity contribution >= 4 is 5.91 Å². The summed E-state index contributed by atoms with van der Waals surface area (Å²) in [5, 5.41) is 3.20. The lowest BCUT2D eigenvalue weighted by atomic mass is 9.95. The number of fused-ring (bicyclic) bond motifs is 1. The predicted octanol–water partition coefficient (Wildman–Crippen LogP) is 1.81. The normalized spacial score (nSPS) is 22.8. The van der Waals surface area contributed by atoms with E-state index in [1.807, 2.05) is 24.5 Å². The van der Waals surface area contributed by atoms with Gasteiger partial charge in [0, 0.05) is 31.4 Å². The lowest BCUT2D eigenvalue weighted by Gasteiger charge is -2.29. The van der Waals surface area contributed by atoms with Gasteiger partial charge in [-0.3, -0.25) is 14.7 Å². The minimum Gasteiger partial charge on any atom is -0.379 e. The van der Waals surface area contributed by atoms with Crippen LogP contribution in [0.5, 0.6) is 0 Å². The van der Waals surface area contributed by atoms with E-state index >= 15 is 0 Å². The second-order valence-electron chi connectivity index (χ2n) is 7.26. The zero-order valence-electron chi connectivity index (χ0n) is 14.9. The standard InChI is InChI=1S/C21H25N3O2/c25-21(13-24-10-7-17-3-1-2-4-18(17)12-24)23-20-15-26-14-19(20)11-16-5-8-22-9-6-16/h1-6,8-9,19-20H,7,10-15H2,(H,23,25)/t19-,20+/m1/s1. The molecule has 5 heteroatoms. The number of hydrogen-bond donors (Lipinski definition) is 1. The summed E-state index contributed by atoms with van der Waals surface area (Å²) >= 11 is 0. The van der Waals surface area contributed by atoms with Crippen LogP contribution in [0.4, 0.5) is 0 Å². The van der Waals surface area contributed by atoms with Crippen LogP contribution in [-0.2, 0) is 28.9 Å². The van der Waals surface area contributed by atoms with Gasteiger partial charge < -0.3 is 10.1 Å². The van der Waals surface area contributed by atoms with Crippen molar-refractivity contribution in [3.63, 3.8) is 0 Å². The molecule has 2 aliphatic rings. The zero-order chi connectivity index (χ0) is 17.8. The molecule has 3 heterocycles. The van der Waals surface area contributed by atoms with Crippen molar-refractivity contribution in [1.82, 2.24) is 15.2 Å². The molecule has 1 fully saturated rings. The molecule has 1 N–H and O–H groups in total. The Bertz CT molecular complexity index is 750. The van der Waals surface area contributed by atoms with Gasteiger partial charge in [0.15, 0.2) is 0 Å². The van der Waals surface area contributed by atoms with Crippen LogP contribution in [0.25, 0.3) is 0 Å². The third-order valence-electron chi connectivity index (χ3n) is 5.37. The van der Waals surface area contributed by atoms with Gasteiger partial charge in [0.2, 0.25) is 5.91 Å². The molecule has 2 atom stereocenters. The van der Waals surface area contributed by atoms with E-state index in [2.05, 4.69) is 39.5 Å². The predicted molar refractivity (Wildman–Crippen MR) is 99.6 cm³/mol. The molecule has 26 heavy (non-hydrogen) atoms. The van der Waals surface area contributed by atoms with E-state index in [1.165, 1.54) is 16.7 Å². The van der Waals surface area contributed by atoms with E-state index in [-0.39, 0.29) is 11.9 Å². The highest BCUT2D eigenvalue weighted by Crippen LogP contribution is 2.20. The SMILES string of the molecule is O=C(CN1CCc2ccccc2C1)N[C@H]1COC[C@H]1Cc1ccncc1. The van der Waals surface area contributed by atoms with Crippen molar-refractivity contribution < 1.29 is 9.53 Å². The summed E-state index contributed by atoms with van der Waals surface area (Å²) in [7, 11) is 0. The van der Waals surface area contributed by atoms with Crippen molar-refractivity contribution in [2.75, 3.05) is 26.3 Å². The number of rotatable bonds is 5. The topological polar surface area (TPSA) is 54.5 Å². The van der Waals surface area contributed by atoms with Crippen LogP contribution in [0.15, 0.2) is 48.8 Å². The number of nitrogens with one attached hydrogen (secondary N) is 1. The van der Waals surface area contributed by atoms with E-state index < -0.39 is 0 Å². The zero-order valence-corrected chi connectivity index (χ0v) is 14.9. The molecule has 0 radical (unpaired) electrons. The maximum atomic E-state index is 12.6. The van der Waals surface area contributed by atoms with E-state index in [1.54, 1.807) is 0 Å². The van der Waals surface area contributed by atoms with Gasteiger partial charge in [-0.1, -0.05) is 24.3 Å². The van der Waals surface area contributed by atoms with Crippen LogP contribution in [-0.4, -0.2) is 48.1 Å². The molecule has 2 aliphatic heterocycles. The average molecular weight is 351 g/mol. The van der Waals surface area contributed by atoms with Crippen LogP contribution in [0, 0.1) is 5.92 Å². The molecule has 1 aromatic carbocycles. The van der Waals surface area contributed by atoms with E-state index in [4.69, 9.17) is 4.74 Å². The van der Waals surface area contributed by atoms with Crippen molar-refractivity contribution in [2.45, 2.75) is 25.4 Å². The Hall–Kier alpha value is -2.24. The molecule has 1 aromatic heterocycles. The van der Waals surface area contributed by atoms with Crippen molar-refractivity contribution in [2.24, 2.45) is 5.92 Å². The van der Waals surface area contributed by atoms with Gasteiger partial charge in [-0.15, -0.1) is 0 Å². The molecule has 2 aromatic rings. The van der Waals surface area contributed by atoms with Crippen molar-refractivity contribution in [1.29, 1.82) is 0 Å². The molecule has 5 nitrogen and oxygen atoms in total. The maximum absolute atomic E-state index is 12.6. The fraction of sp³-hybridized carbons (Fsp3) is 0.429. The molecule has 4 rings (SSSR count). The second-order valence-corrected chi connectivity index (χ2v) is 7.26. The highest BCUT2D eigenvalue weighted by molar-refractivity contribution is 5.78. The van der Waals surface area contributed by atoms with E-state index in [9.17, 15) is 4.79 Å². The summed E-state index contributed by atoms with van der Waals surface area (Å²) in [6.07, 6.45) is 5.55. The fourth-order valence-electron chi connectivity index (χ4n) is 3.93. The number of aromatic nitrogens is 1. The Morgan fingerprint density at radius 2 is 1.96 bits per heavy atom. The summed E-state index contributed by atoms with van der Waals surface area (Å²) in [5.41, 5.74) is 3.99. The molecule has 0 spiro atoms. The van der Waals surface area contributed by atoms with Gasteiger partial charge in [-0.05, 0) is 41.7 Å². The smallest absolute Gasteiger partial charge is 0.234 e. The number of nitrogens with zero attached hydrogens (tertiary/aromatic N) is 2. The van der Waals surface area contributed by atoms with Crippen molar-refractivity contribution in [3.05, 3.63) is 65.5 Å². The number of benzene rings is 1. The summed E-state index contributed by atoms with van der Waals surface area (Å²) in [6.45, 7) is 3.54. The Kier molecular flexibility index (Phi) is 5.27. The van der Waals surface area contributed by atoms with Gasteiger partial charge >= 0.3 is 0 Å². The number of hydrogen-bond acceptors (Lipinski definition) is 4. The molecule has 0 bridgehead atoms. The monoisotopic (exact) mass is 351 g/mol. The van der Waals surface area contributed by atoms with Gasteiger partial charge in [-0.2, -0.15) is 0 Å². The highest BCUT2D eigenvalue weighted by atomic mass is 16.5. The molecular weight excluding hydrogens is 326 g/mol. The Morgan fingerprint density at radius 1 is 1.15 bits per heavy atom. The van der Waals surface area contributed by atoms with E-state index in [0.717, 1.165) is 25.9 Å². The first-order chi connectivity index (χ1) is 12.8. The van der Waals surface area contributed by atoms with Crippen LogP contribution in [0.1, 0.15) is 16.7 Å². The van der Waals surface area contributed by atoms with Crippen molar-refractivity contribution in [3.8, 4) is 0 Å². The van der Waals surface area contributed by atoms with E-state index in [0.29, 0.717) is 25.7 Å². The number of carbonyl (C=O) groups excluding carboxylic acids is 1. The fourth-order valence-corrected chi connectivity index (χ4v) is 3.93. The average Bonchev–Trinajstić information content (AvgIpc) is 3.09. The largest absolute Gasteiger partial charge is 0.379 e. The minimum atomic E-state index is 0.0905. The summed E-state index contributed by atoms with van der Waals surface area (Å²) in [5.74, 6) is 0.419. The first-order valence-electron chi connectivity index (χ1n) is 9.33. The van der Waals surface area contributed by atoms with Gasteiger partial charge in [0.25, 0.3) is 0 Å². The highest BCUT2D eigenvalue weighted by Gasteiger charge is 2.30. The second kappa shape index (κ2) is 7.98. The van der Waals surface area contributed by atoms with Gasteiger partial charge in [0.05, 0.1) is 25.8 Å². The van der Waals surface area contributed by atoms with Crippen LogP contribution >= 0.6 is 0 Å². The minimum absolute atomic E-state index is 0.0905. The molecule has 1 saturated heterocycles. The third-order valence-corrected chi connectivity index (χ3v) is 5.37. The maximum Gasteiger partial charge on any atom is 0.234 e. The summed E-state index contributed by atoms with van der Waals surface area (Å²) in [6, 6.07) is 12.7. The number of carbonyl (C=O) groups is 1. The molecule has 0 saturated carbocycles. The van der Waals surface area contributed by atoms with Gasteiger partial charge in [-0.25, -0.2) is 0 Å². The lowest BCUT2D eigenvalue weighted by molar-refractivity contribution is -0.123. The van der Waals surface area contributed by atoms with Crippen LogP contribution in [0.3, 0.4) is 0 Å². The molecular formula is C21H25N3O2. The Morgan fingerprint density at radius 3 is 2.81 bits per heavy atom. The van der Waals surface area contributed by atoms with Crippen LogP contribution < -0.4 is 5.32 Å². The molecule has 136 valence electrons. The number of amides is 1. The molecule has 0 unspecified atom stereocenters. The molecule has 1 amide bonds. The molecule has 0 aliphatic carbocycles. The number of pyridine rings is 1. The quantitative estimate of drug-likeness (QED) is 0.893. The Labute approximate surface area is 154 Å². The first-order valence-corrected chi connectivity index (χ1v) is 9.33. The Balaban J connectivity index is 1.30. The van der Waals surface area contributed by atoms with Crippen LogP contribution in [0.2, 0.25) is 0 Å². The summed E-state index contributed by atoms with van der Waals surface area (Å²) < 4.78 is 5.64. The van der Waals surface area contributed by atoms with Gasteiger partial charge in [0.1, 0.15) is 0 Å².